The van der Waals surface area contributed by atoms with Gasteiger partial charge in [0.15, 0.2) is 0 Å². The van der Waals surface area contributed by atoms with Crippen LogP contribution in [0.2, 0.25) is 0 Å². The molecule has 124 valence electrons. The van der Waals surface area contributed by atoms with Gasteiger partial charge in [0.1, 0.15) is 0 Å². The molecule has 1 fully saturated rings. The topological polar surface area (TPSA) is 49.4 Å². The van der Waals surface area contributed by atoms with Gasteiger partial charge in [0.25, 0.3) is 0 Å². The molecule has 1 aromatic heterocycles. The Labute approximate surface area is 142 Å². The molecule has 4 nitrogen and oxygen atoms in total. The molecule has 0 radical (unpaired) electrons. The summed E-state index contributed by atoms with van der Waals surface area (Å²) < 4.78 is 27.2. The zero-order chi connectivity index (χ0) is 16.1. The number of hydrogen-bond donors (Lipinski definition) is 1. The predicted octanol–water partition coefficient (Wildman–Crippen LogP) is 2.94. The third-order valence-corrected chi connectivity index (χ3v) is 6.58. The number of benzene rings is 1. The van der Waals surface area contributed by atoms with Crippen LogP contribution >= 0.6 is 11.3 Å². The van der Waals surface area contributed by atoms with Crippen molar-refractivity contribution in [2.24, 2.45) is 5.92 Å². The fraction of sp³-hybridized carbons (Fsp3) is 0.412. The largest absolute Gasteiger partial charge is 0.298 e. The van der Waals surface area contributed by atoms with E-state index in [1.54, 1.807) is 35.6 Å². The number of nitrogens with zero attached hydrogens (tertiary/aromatic N) is 1. The van der Waals surface area contributed by atoms with E-state index in [4.69, 9.17) is 0 Å². The third-order valence-electron chi connectivity index (χ3n) is 4.28. The average Bonchev–Trinajstić information content (AvgIpc) is 3.08. The van der Waals surface area contributed by atoms with Crippen LogP contribution in [0.1, 0.15) is 17.7 Å². The zero-order valence-electron chi connectivity index (χ0n) is 13.0. The summed E-state index contributed by atoms with van der Waals surface area (Å²) in [5.41, 5.74) is 0. The fourth-order valence-electron chi connectivity index (χ4n) is 2.88. The van der Waals surface area contributed by atoms with Gasteiger partial charge in [-0.05, 0) is 55.4 Å². The number of sulfonamides is 1. The monoisotopic (exact) mass is 350 g/mol. The van der Waals surface area contributed by atoms with Crippen molar-refractivity contribution >= 4 is 21.4 Å². The van der Waals surface area contributed by atoms with Crippen molar-refractivity contribution in [2.75, 3.05) is 19.6 Å². The van der Waals surface area contributed by atoms with Crippen molar-refractivity contribution in [2.45, 2.75) is 24.3 Å². The first-order chi connectivity index (χ1) is 11.1. The first-order valence-electron chi connectivity index (χ1n) is 7.93. The molecule has 1 N–H and O–H groups in total. The van der Waals surface area contributed by atoms with Crippen molar-refractivity contribution in [3.8, 4) is 0 Å². The molecular formula is C17H22N2O2S2. The Hall–Kier alpha value is -1.21. The van der Waals surface area contributed by atoms with Gasteiger partial charge in [-0.3, -0.25) is 4.90 Å². The first kappa shape index (κ1) is 16.6. The molecule has 0 spiro atoms. The van der Waals surface area contributed by atoms with Crippen LogP contribution in [0.5, 0.6) is 0 Å². The smallest absolute Gasteiger partial charge is 0.240 e. The number of rotatable bonds is 6. The predicted molar refractivity (Wildman–Crippen MR) is 94.0 cm³/mol. The number of nitrogens with one attached hydrogen (secondary N) is 1. The quantitative estimate of drug-likeness (QED) is 0.871. The third kappa shape index (κ3) is 4.64. The fourth-order valence-corrected chi connectivity index (χ4v) is 4.77. The highest BCUT2D eigenvalue weighted by atomic mass is 32.2. The Bertz CT molecular complexity index is 691. The lowest BCUT2D eigenvalue weighted by molar-refractivity contribution is 0.180. The number of likely N-dealkylation sites (tertiary alicyclic amines) is 1. The van der Waals surface area contributed by atoms with E-state index in [9.17, 15) is 8.42 Å². The number of thiophene rings is 1. The minimum atomic E-state index is -3.38. The van der Waals surface area contributed by atoms with Crippen LogP contribution in [0.3, 0.4) is 0 Å². The highest BCUT2D eigenvalue weighted by Gasteiger charge is 2.22. The van der Waals surface area contributed by atoms with Crippen LogP contribution in [-0.2, 0) is 16.6 Å². The van der Waals surface area contributed by atoms with Gasteiger partial charge in [-0.2, -0.15) is 0 Å². The Balaban J connectivity index is 1.46. The molecule has 0 atom stereocenters. The highest BCUT2D eigenvalue weighted by Crippen LogP contribution is 2.20. The summed E-state index contributed by atoms with van der Waals surface area (Å²) in [4.78, 5) is 4.19. The molecular weight excluding hydrogens is 328 g/mol. The molecule has 6 heteroatoms. The second-order valence-corrected chi connectivity index (χ2v) is 8.76. The van der Waals surface area contributed by atoms with Crippen molar-refractivity contribution in [1.29, 1.82) is 0 Å². The standard InChI is InChI=1S/C17H22N2O2S2/c20-23(21,17-6-2-1-3-7-17)18-13-15-8-10-19(11-9-15)14-16-5-4-12-22-16/h1-7,12,15,18H,8-11,13-14H2. The molecule has 23 heavy (non-hydrogen) atoms. The molecule has 1 saturated heterocycles. The molecule has 0 aliphatic carbocycles. The number of hydrogen-bond acceptors (Lipinski definition) is 4. The van der Waals surface area contributed by atoms with Gasteiger partial charge in [0, 0.05) is 18.0 Å². The van der Waals surface area contributed by atoms with E-state index in [-0.39, 0.29) is 0 Å². The summed E-state index contributed by atoms with van der Waals surface area (Å²) in [6.07, 6.45) is 2.09. The van der Waals surface area contributed by atoms with Crippen LogP contribution in [0.4, 0.5) is 0 Å². The second-order valence-electron chi connectivity index (χ2n) is 5.96. The Morgan fingerprint density at radius 3 is 2.48 bits per heavy atom. The Morgan fingerprint density at radius 1 is 1.09 bits per heavy atom. The average molecular weight is 351 g/mol. The molecule has 0 bridgehead atoms. The Kier molecular flexibility index (Phi) is 5.48. The second kappa shape index (κ2) is 7.57. The maximum atomic E-state index is 12.2. The van der Waals surface area contributed by atoms with Crippen LogP contribution < -0.4 is 4.72 Å². The molecule has 0 amide bonds. The molecule has 1 aliphatic rings. The van der Waals surface area contributed by atoms with E-state index in [0.29, 0.717) is 17.4 Å². The molecule has 1 aliphatic heterocycles. The van der Waals surface area contributed by atoms with Crippen molar-refractivity contribution in [1.82, 2.24) is 9.62 Å². The van der Waals surface area contributed by atoms with Gasteiger partial charge in [-0.15, -0.1) is 11.3 Å². The van der Waals surface area contributed by atoms with Crippen LogP contribution in [-0.4, -0.2) is 33.0 Å². The summed E-state index contributed by atoms with van der Waals surface area (Å²) in [6, 6.07) is 12.8. The van der Waals surface area contributed by atoms with E-state index < -0.39 is 10.0 Å². The maximum absolute atomic E-state index is 12.2. The minimum absolute atomic E-state index is 0.343. The summed E-state index contributed by atoms with van der Waals surface area (Å²) in [5.74, 6) is 0.424. The molecule has 0 unspecified atom stereocenters. The van der Waals surface area contributed by atoms with Crippen LogP contribution in [0, 0.1) is 5.92 Å². The van der Waals surface area contributed by atoms with Gasteiger partial charge >= 0.3 is 0 Å². The first-order valence-corrected chi connectivity index (χ1v) is 10.3. The van der Waals surface area contributed by atoms with Gasteiger partial charge in [-0.25, -0.2) is 13.1 Å². The lowest BCUT2D eigenvalue weighted by Gasteiger charge is -2.31. The zero-order valence-corrected chi connectivity index (χ0v) is 14.7. The highest BCUT2D eigenvalue weighted by molar-refractivity contribution is 7.89. The summed E-state index contributed by atoms with van der Waals surface area (Å²) in [5, 5.41) is 2.11. The van der Waals surface area contributed by atoms with E-state index in [1.165, 1.54) is 4.88 Å². The normalized spacial score (nSPS) is 17.4. The van der Waals surface area contributed by atoms with E-state index >= 15 is 0 Å². The van der Waals surface area contributed by atoms with Gasteiger partial charge in [0.2, 0.25) is 10.0 Å². The van der Waals surface area contributed by atoms with Gasteiger partial charge in [0.05, 0.1) is 4.90 Å². The molecule has 0 saturated carbocycles. The van der Waals surface area contributed by atoms with Gasteiger partial charge in [-0.1, -0.05) is 24.3 Å². The maximum Gasteiger partial charge on any atom is 0.240 e. The summed E-state index contributed by atoms with van der Waals surface area (Å²) in [6.45, 7) is 3.62. The lowest BCUT2D eigenvalue weighted by Crippen LogP contribution is -2.38. The van der Waals surface area contributed by atoms with Crippen LogP contribution in [0.25, 0.3) is 0 Å². The van der Waals surface area contributed by atoms with Crippen molar-refractivity contribution < 1.29 is 8.42 Å². The van der Waals surface area contributed by atoms with E-state index in [2.05, 4.69) is 27.1 Å². The minimum Gasteiger partial charge on any atom is -0.298 e. The van der Waals surface area contributed by atoms with E-state index in [0.717, 1.165) is 32.5 Å². The van der Waals surface area contributed by atoms with E-state index in [1.807, 2.05) is 6.07 Å². The number of piperidine rings is 1. The molecule has 3 rings (SSSR count). The van der Waals surface area contributed by atoms with Crippen LogP contribution in [0.15, 0.2) is 52.7 Å². The molecule has 2 aromatic rings. The van der Waals surface area contributed by atoms with Crippen molar-refractivity contribution in [3.63, 3.8) is 0 Å². The molecule has 2 heterocycles. The SMILES string of the molecule is O=S(=O)(NCC1CCN(Cc2cccs2)CC1)c1ccccc1. The van der Waals surface area contributed by atoms with Gasteiger partial charge < -0.3 is 0 Å². The Morgan fingerprint density at radius 2 is 1.83 bits per heavy atom. The lowest BCUT2D eigenvalue weighted by atomic mass is 9.97. The summed E-state index contributed by atoms with van der Waals surface area (Å²) in [7, 11) is -3.38. The molecule has 1 aromatic carbocycles. The summed E-state index contributed by atoms with van der Waals surface area (Å²) >= 11 is 1.80. The van der Waals surface area contributed by atoms with Crippen molar-refractivity contribution in [3.05, 3.63) is 52.7 Å².